The first-order chi connectivity index (χ1) is 7.76. The average Bonchev–Trinajstić information content (AvgIpc) is 3.08. The van der Waals surface area contributed by atoms with Crippen LogP contribution in [0.5, 0.6) is 0 Å². The molecule has 0 radical (unpaired) electrons. The minimum absolute atomic E-state index is 0.0717. The highest BCUT2D eigenvalue weighted by Gasteiger charge is 2.42. The Morgan fingerprint density at radius 2 is 2.31 bits per heavy atom. The highest BCUT2D eigenvalue weighted by molar-refractivity contribution is 5.78. The maximum absolute atomic E-state index is 11.9. The van der Waals surface area contributed by atoms with Crippen molar-refractivity contribution in [1.82, 2.24) is 5.32 Å². The molecule has 0 spiro atoms. The van der Waals surface area contributed by atoms with Gasteiger partial charge in [0, 0.05) is 13.2 Å². The maximum Gasteiger partial charge on any atom is 0.225 e. The Morgan fingerprint density at radius 3 is 2.88 bits per heavy atom. The Kier molecular flexibility index (Phi) is 3.82. The summed E-state index contributed by atoms with van der Waals surface area (Å²) in [6.07, 6.45) is 5.44. The number of ether oxygens (including phenoxy) is 1. The molecule has 1 saturated carbocycles. The Balaban J connectivity index is 1.70. The largest absolute Gasteiger partial charge is 0.381 e. The van der Waals surface area contributed by atoms with Gasteiger partial charge in [0.05, 0.1) is 12.5 Å². The smallest absolute Gasteiger partial charge is 0.225 e. The molecule has 16 heavy (non-hydrogen) atoms. The lowest BCUT2D eigenvalue weighted by Gasteiger charge is -2.23. The van der Waals surface area contributed by atoms with Crippen LogP contribution in [0.4, 0.5) is 0 Å². The van der Waals surface area contributed by atoms with E-state index in [0.717, 1.165) is 39.0 Å². The minimum atomic E-state index is 0.0717. The van der Waals surface area contributed by atoms with Crippen molar-refractivity contribution in [2.45, 2.75) is 32.1 Å². The van der Waals surface area contributed by atoms with Crippen molar-refractivity contribution in [1.29, 1.82) is 0 Å². The Morgan fingerprint density at radius 1 is 1.50 bits per heavy atom. The van der Waals surface area contributed by atoms with Crippen LogP contribution in [0.15, 0.2) is 0 Å². The Bertz CT molecular complexity index is 245. The monoisotopic (exact) mass is 226 g/mol. The van der Waals surface area contributed by atoms with Crippen LogP contribution in [-0.2, 0) is 9.53 Å². The van der Waals surface area contributed by atoms with E-state index in [9.17, 15) is 4.79 Å². The molecule has 0 bridgehead atoms. The molecule has 1 amide bonds. The number of nitrogens with two attached hydrogens (primary N) is 1. The molecule has 4 heteroatoms. The number of nitrogens with one attached hydrogen (secondary N) is 1. The van der Waals surface area contributed by atoms with E-state index < -0.39 is 0 Å². The maximum atomic E-state index is 11.9. The third kappa shape index (κ3) is 2.95. The first-order valence-corrected chi connectivity index (χ1v) is 6.31. The van der Waals surface area contributed by atoms with Crippen molar-refractivity contribution in [2.24, 2.45) is 17.1 Å². The molecule has 1 aliphatic heterocycles. The summed E-state index contributed by atoms with van der Waals surface area (Å²) < 4.78 is 5.32. The van der Waals surface area contributed by atoms with Gasteiger partial charge in [0.15, 0.2) is 0 Å². The second kappa shape index (κ2) is 5.15. The van der Waals surface area contributed by atoms with E-state index in [1.807, 2.05) is 0 Å². The number of carbonyl (C=O) groups excluding carboxylic acids is 1. The number of hydrogen-bond donors (Lipinski definition) is 2. The second-order valence-corrected chi connectivity index (χ2v) is 5.17. The average molecular weight is 226 g/mol. The lowest BCUT2D eigenvalue weighted by Crippen LogP contribution is -2.38. The van der Waals surface area contributed by atoms with Gasteiger partial charge in [-0.2, -0.15) is 0 Å². The predicted octanol–water partition coefficient (Wildman–Crippen LogP) is 0.658. The van der Waals surface area contributed by atoms with Gasteiger partial charge in [0.25, 0.3) is 0 Å². The van der Waals surface area contributed by atoms with Crippen molar-refractivity contribution in [3.05, 3.63) is 0 Å². The van der Waals surface area contributed by atoms with Gasteiger partial charge in [-0.15, -0.1) is 0 Å². The molecule has 1 aliphatic carbocycles. The zero-order chi connectivity index (χ0) is 11.4. The molecule has 1 unspecified atom stereocenters. The molecule has 0 aromatic heterocycles. The lowest BCUT2D eigenvalue weighted by molar-refractivity contribution is -0.129. The number of hydrogen-bond acceptors (Lipinski definition) is 3. The van der Waals surface area contributed by atoms with Crippen LogP contribution < -0.4 is 11.1 Å². The molecular weight excluding hydrogens is 204 g/mol. The third-order valence-electron chi connectivity index (χ3n) is 3.80. The molecule has 4 nitrogen and oxygen atoms in total. The fraction of sp³-hybridized carbons (Fsp3) is 0.917. The minimum Gasteiger partial charge on any atom is -0.381 e. The van der Waals surface area contributed by atoms with Crippen molar-refractivity contribution < 1.29 is 9.53 Å². The van der Waals surface area contributed by atoms with Crippen LogP contribution in [0.3, 0.4) is 0 Å². The van der Waals surface area contributed by atoms with Gasteiger partial charge in [-0.3, -0.25) is 4.79 Å². The standard InChI is InChI=1S/C12H22N2O2/c13-6-5-12(3-4-12)9-14-11(15)10-2-1-7-16-8-10/h10H,1-9,13H2,(H,14,15). The van der Waals surface area contributed by atoms with Crippen molar-refractivity contribution in [3.8, 4) is 0 Å². The lowest BCUT2D eigenvalue weighted by atomic mass is 9.99. The third-order valence-corrected chi connectivity index (χ3v) is 3.80. The summed E-state index contributed by atoms with van der Waals surface area (Å²) in [5.41, 5.74) is 5.90. The Hall–Kier alpha value is -0.610. The van der Waals surface area contributed by atoms with E-state index in [0.29, 0.717) is 12.0 Å². The summed E-state index contributed by atoms with van der Waals surface area (Å²) in [4.78, 5) is 11.9. The quantitative estimate of drug-likeness (QED) is 0.723. The summed E-state index contributed by atoms with van der Waals surface area (Å²) in [6.45, 7) is 2.93. The van der Waals surface area contributed by atoms with Crippen LogP contribution in [0.25, 0.3) is 0 Å². The van der Waals surface area contributed by atoms with Crippen molar-refractivity contribution in [3.63, 3.8) is 0 Å². The molecule has 3 N–H and O–H groups in total. The van der Waals surface area contributed by atoms with Gasteiger partial charge in [0.1, 0.15) is 0 Å². The summed E-state index contributed by atoms with van der Waals surface area (Å²) >= 11 is 0. The van der Waals surface area contributed by atoms with Gasteiger partial charge in [-0.1, -0.05) is 0 Å². The number of carbonyl (C=O) groups is 1. The summed E-state index contributed by atoms with van der Waals surface area (Å²) in [7, 11) is 0. The summed E-state index contributed by atoms with van der Waals surface area (Å²) in [6, 6.07) is 0. The van der Waals surface area contributed by atoms with Gasteiger partial charge in [-0.05, 0) is 44.1 Å². The van der Waals surface area contributed by atoms with Gasteiger partial charge in [0.2, 0.25) is 5.91 Å². The van der Waals surface area contributed by atoms with E-state index in [2.05, 4.69) is 5.32 Å². The van der Waals surface area contributed by atoms with Gasteiger partial charge >= 0.3 is 0 Å². The fourth-order valence-corrected chi connectivity index (χ4v) is 2.36. The molecule has 2 rings (SSSR count). The predicted molar refractivity (Wildman–Crippen MR) is 61.9 cm³/mol. The SMILES string of the molecule is NCCC1(CNC(=O)C2CCCOC2)CC1. The molecular formula is C12H22N2O2. The van der Waals surface area contributed by atoms with Gasteiger partial charge < -0.3 is 15.8 Å². The van der Waals surface area contributed by atoms with E-state index in [1.165, 1.54) is 12.8 Å². The van der Waals surface area contributed by atoms with E-state index in [4.69, 9.17) is 10.5 Å². The summed E-state index contributed by atoms with van der Waals surface area (Å²) in [5.74, 6) is 0.241. The first-order valence-electron chi connectivity index (χ1n) is 6.31. The molecule has 92 valence electrons. The molecule has 1 heterocycles. The molecule has 2 fully saturated rings. The number of amides is 1. The normalized spacial score (nSPS) is 27.4. The molecule has 2 aliphatic rings. The van der Waals surface area contributed by atoms with Crippen LogP contribution in [-0.4, -0.2) is 32.2 Å². The zero-order valence-electron chi connectivity index (χ0n) is 9.84. The fourth-order valence-electron chi connectivity index (χ4n) is 2.36. The molecule has 0 aromatic rings. The van der Waals surface area contributed by atoms with Crippen molar-refractivity contribution >= 4 is 5.91 Å². The van der Waals surface area contributed by atoms with Crippen LogP contribution in [0.2, 0.25) is 0 Å². The van der Waals surface area contributed by atoms with E-state index >= 15 is 0 Å². The Labute approximate surface area is 96.9 Å². The van der Waals surface area contributed by atoms with Crippen LogP contribution >= 0.6 is 0 Å². The first kappa shape index (κ1) is 11.9. The second-order valence-electron chi connectivity index (χ2n) is 5.17. The molecule has 1 saturated heterocycles. The van der Waals surface area contributed by atoms with Gasteiger partial charge in [-0.25, -0.2) is 0 Å². The number of rotatable bonds is 5. The van der Waals surface area contributed by atoms with Crippen molar-refractivity contribution in [2.75, 3.05) is 26.3 Å². The molecule has 1 atom stereocenters. The highest BCUT2D eigenvalue weighted by Crippen LogP contribution is 2.47. The molecule has 0 aromatic carbocycles. The van der Waals surface area contributed by atoms with E-state index in [-0.39, 0.29) is 11.8 Å². The summed E-state index contributed by atoms with van der Waals surface area (Å²) in [5, 5.41) is 3.07. The van der Waals surface area contributed by atoms with Crippen LogP contribution in [0, 0.1) is 11.3 Å². The topological polar surface area (TPSA) is 64.3 Å². The zero-order valence-corrected chi connectivity index (χ0v) is 9.84. The highest BCUT2D eigenvalue weighted by atomic mass is 16.5. The van der Waals surface area contributed by atoms with E-state index in [1.54, 1.807) is 0 Å². The van der Waals surface area contributed by atoms with Crippen LogP contribution in [0.1, 0.15) is 32.1 Å².